The van der Waals surface area contributed by atoms with Crippen molar-refractivity contribution in [3.05, 3.63) is 51.7 Å². The maximum atomic E-state index is 12.2. The van der Waals surface area contributed by atoms with Gasteiger partial charge in [0.1, 0.15) is 5.75 Å². The van der Waals surface area contributed by atoms with Gasteiger partial charge in [0.2, 0.25) is 0 Å². The van der Waals surface area contributed by atoms with Gasteiger partial charge < -0.3 is 10.0 Å². The molecule has 3 nitrogen and oxygen atoms in total. The van der Waals surface area contributed by atoms with Gasteiger partial charge in [-0.15, -0.1) is 0 Å². The Morgan fingerprint density at radius 1 is 1.28 bits per heavy atom. The van der Waals surface area contributed by atoms with Crippen molar-refractivity contribution in [3.8, 4) is 5.75 Å². The Kier molecular flexibility index (Phi) is 2.80. The molecule has 1 N–H and O–H groups in total. The number of phenols is 1. The molecule has 0 unspecified atom stereocenters. The second-order valence-electron chi connectivity index (χ2n) is 4.44. The van der Waals surface area contributed by atoms with Crippen LogP contribution in [0.5, 0.6) is 5.75 Å². The van der Waals surface area contributed by atoms with Crippen molar-refractivity contribution in [2.45, 2.75) is 13.0 Å². The van der Waals surface area contributed by atoms with Gasteiger partial charge in [0.15, 0.2) is 0 Å². The molecule has 0 saturated carbocycles. The standard InChI is InChI=1S/C14H13NO2S/c16-13-2-1-10-3-5-15(8-12(10)7-13)14(17)11-4-6-18-9-11/h1-2,4,6-7,9,16H,3,5,8H2. The molecule has 0 fully saturated rings. The van der Waals surface area contributed by atoms with Crippen molar-refractivity contribution in [2.75, 3.05) is 6.54 Å². The van der Waals surface area contributed by atoms with E-state index in [2.05, 4.69) is 0 Å². The number of amides is 1. The van der Waals surface area contributed by atoms with Gasteiger partial charge in [-0.1, -0.05) is 6.07 Å². The van der Waals surface area contributed by atoms with E-state index in [1.807, 2.05) is 27.8 Å². The summed E-state index contributed by atoms with van der Waals surface area (Å²) in [6, 6.07) is 7.25. The van der Waals surface area contributed by atoms with Crippen molar-refractivity contribution in [1.29, 1.82) is 0 Å². The van der Waals surface area contributed by atoms with Crippen LogP contribution in [0.15, 0.2) is 35.0 Å². The predicted octanol–water partition coefficient (Wildman–Crippen LogP) is 2.65. The van der Waals surface area contributed by atoms with Gasteiger partial charge in [0.05, 0.1) is 5.56 Å². The number of aromatic hydroxyl groups is 1. The molecule has 0 saturated heterocycles. The van der Waals surface area contributed by atoms with Crippen molar-refractivity contribution in [2.24, 2.45) is 0 Å². The summed E-state index contributed by atoms with van der Waals surface area (Å²) in [5, 5.41) is 13.3. The highest BCUT2D eigenvalue weighted by molar-refractivity contribution is 7.08. The van der Waals surface area contributed by atoms with Crippen molar-refractivity contribution in [3.63, 3.8) is 0 Å². The average molecular weight is 259 g/mol. The summed E-state index contributed by atoms with van der Waals surface area (Å²) in [7, 11) is 0. The number of carbonyl (C=O) groups excluding carboxylic acids is 1. The Bertz CT molecular complexity index is 577. The van der Waals surface area contributed by atoms with Crippen LogP contribution < -0.4 is 0 Å². The smallest absolute Gasteiger partial charge is 0.255 e. The van der Waals surface area contributed by atoms with Gasteiger partial charge in [-0.3, -0.25) is 4.79 Å². The van der Waals surface area contributed by atoms with Crippen LogP contribution >= 0.6 is 11.3 Å². The molecule has 4 heteroatoms. The predicted molar refractivity (Wildman–Crippen MR) is 70.9 cm³/mol. The zero-order valence-electron chi connectivity index (χ0n) is 9.80. The Morgan fingerprint density at radius 2 is 2.17 bits per heavy atom. The summed E-state index contributed by atoms with van der Waals surface area (Å²) in [4.78, 5) is 14.1. The number of benzene rings is 1. The van der Waals surface area contributed by atoms with E-state index in [0.717, 1.165) is 24.1 Å². The number of thiophene rings is 1. The lowest BCUT2D eigenvalue weighted by Gasteiger charge is -2.28. The number of carbonyl (C=O) groups is 1. The quantitative estimate of drug-likeness (QED) is 0.855. The van der Waals surface area contributed by atoms with Gasteiger partial charge in [-0.2, -0.15) is 11.3 Å². The molecule has 3 rings (SSSR count). The van der Waals surface area contributed by atoms with E-state index >= 15 is 0 Å². The summed E-state index contributed by atoms with van der Waals surface area (Å²) in [6.45, 7) is 1.32. The molecule has 1 aromatic carbocycles. The number of fused-ring (bicyclic) bond motifs is 1. The maximum absolute atomic E-state index is 12.2. The number of rotatable bonds is 1. The first kappa shape index (κ1) is 11.3. The van der Waals surface area contributed by atoms with Gasteiger partial charge in [0.25, 0.3) is 5.91 Å². The zero-order chi connectivity index (χ0) is 12.5. The molecule has 92 valence electrons. The lowest BCUT2D eigenvalue weighted by molar-refractivity contribution is 0.0735. The van der Waals surface area contributed by atoms with Gasteiger partial charge in [-0.25, -0.2) is 0 Å². The normalized spacial score (nSPS) is 14.3. The Hall–Kier alpha value is -1.81. The van der Waals surface area contributed by atoms with Gasteiger partial charge in [0, 0.05) is 18.5 Å². The lowest BCUT2D eigenvalue weighted by atomic mass is 9.99. The van der Waals surface area contributed by atoms with Crippen molar-refractivity contribution < 1.29 is 9.90 Å². The van der Waals surface area contributed by atoms with E-state index in [0.29, 0.717) is 6.54 Å². The lowest BCUT2D eigenvalue weighted by Crippen LogP contribution is -2.35. The van der Waals surface area contributed by atoms with Crippen LogP contribution in [0.25, 0.3) is 0 Å². The fourth-order valence-corrected chi connectivity index (χ4v) is 2.92. The number of phenolic OH excluding ortho intramolecular Hbond substituents is 1. The van der Waals surface area contributed by atoms with Crippen LogP contribution in [0.3, 0.4) is 0 Å². The van der Waals surface area contributed by atoms with E-state index in [1.54, 1.807) is 12.1 Å². The van der Waals surface area contributed by atoms with Crippen LogP contribution in [-0.2, 0) is 13.0 Å². The fraction of sp³-hybridized carbons (Fsp3) is 0.214. The average Bonchev–Trinajstić information content (AvgIpc) is 2.90. The first-order valence-electron chi connectivity index (χ1n) is 5.86. The SMILES string of the molecule is O=C(c1ccsc1)N1CCc2ccc(O)cc2C1. The highest BCUT2D eigenvalue weighted by atomic mass is 32.1. The van der Waals surface area contributed by atoms with Crippen molar-refractivity contribution >= 4 is 17.2 Å². The third kappa shape index (κ3) is 1.99. The van der Waals surface area contributed by atoms with Crippen molar-refractivity contribution in [1.82, 2.24) is 4.90 Å². The van der Waals surface area contributed by atoms with E-state index in [-0.39, 0.29) is 11.7 Å². The second kappa shape index (κ2) is 4.46. The minimum atomic E-state index is 0.0743. The Labute approximate surface area is 109 Å². The molecule has 0 spiro atoms. The monoisotopic (exact) mass is 259 g/mol. The molecule has 0 atom stereocenters. The summed E-state index contributed by atoms with van der Waals surface area (Å²) in [6.07, 6.45) is 0.853. The highest BCUT2D eigenvalue weighted by Gasteiger charge is 2.22. The maximum Gasteiger partial charge on any atom is 0.255 e. The summed E-state index contributed by atoms with van der Waals surface area (Å²) >= 11 is 1.53. The van der Waals surface area contributed by atoms with Crippen LogP contribution in [0.1, 0.15) is 21.5 Å². The first-order valence-corrected chi connectivity index (χ1v) is 6.80. The van der Waals surface area contributed by atoms with Gasteiger partial charge in [-0.05, 0) is 41.1 Å². The molecule has 1 amide bonds. The highest BCUT2D eigenvalue weighted by Crippen LogP contribution is 2.24. The molecule has 18 heavy (non-hydrogen) atoms. The van der Waals surface area contributed by atoms with Crippen LogP contribution in [0.2, 0.25) is 0 Å². The topological polar surface area (TPSA) is 40.5 Å². The molecule has 0 radical (unpaired) electrons. The molecule has 2 aromatic rings. The number of hydrogen-bond acceptors (Lipinski definition) is 3. The third-order valence-electron chi connectivity index (χ3n) is 3.26. The molecule has 1 aliphatic heterocycles. The van der Waals surface area contributed by atoms with E-state index in [1.165, 1.54) is 16.9 Å². The molecule has 2 heterocycles. The third-order valence-corrected chi connectivity index (χ3v) is 3.94. The van der Waals surface area contributed by atoms with Crippen LogP contribution in [0.4, 0.5) is 0 Å². The van der Waals surface area contributed by atoms with E-state index < -0.39 is 0 Å². The summed E-state index contributed by atoms with van der Waals surface area (Å²) < 4.78 is 0. The molecule has 1 aromatic heterocycles. The molecular weight excluding hydrogens is 246 g/mol. The van der Waals surface area contributed by atoms with Crippen LogP contribution in [0, 0.1) is 0 Å². The van der Waals surface area contributed by atoms with E-state index in [9.17, 15) is 9.90 Å². The number of hydrogen-bond donors (Lipinski definition) is 1. The molecule has 0 bridgehead atoms. The zero-order valence-corrected chi connectivity index (χ0v) is 10.6. The summed E-state index contributed by atoms with van der Waals surface area (Å²) in [5.74, 6) is 0.337. The number of nitrogens with zero attached hydrogens (tertiary/aromatic N) is 1. The van der Waals surface area contributed by atoms with Crippen LogP contribution in [-0.4, -0.2) is 22.5 Å². The molecular formula is C14H13NO2S. The second-order valence-corrected chi connectivity index (χ2v) is 5.22. The summed E-state index contributed by atoms with van der Waals surface area (Å²) in [5.41, 5.74) is 3.02. The molecule has 0 aliphatic carbocycles. The van der Waals surface area contributed by atoms with E-state index in [4.69, 9.17) is 0 Å². The minimum absolute atomic E-state index is 0.0743. The fourth-order valence-electron chi connectivity index (χ4n) is 2.29. The Morgan fingerprint density at radius 3 is 2.94 bits per heavy atom. The largest absolute Gasteiger partial charge is 0.508 e. The first-order chi connectivity index (χ1) is 8.74. The Balaban J connectivity index is 1.84. The molecule has 1 aliphatic rings. The minimum Gasteiger partial charge on any atom is -0.508 e. The van der Waals surface area contributed by atoms with Gasteiger partial charge >= 0.3 is 0 Å².